The van der Waals surface area contributed by atoms with Gasteiger partial charge in [0.05, 0.1) is 0 Å². The van der Waals surface area contributed by atoms with Gasteiger partial charge < -0.3 is 5.32 Å². The second kappa shape index (κ2) is 5.63. The van der Waals surface area contributed by atoms with E-state index in [1.165, 1.54) is 28.8 Å². The van der Waals surface area contributed by atoms with Gasteiger partial charge in [0.25, 0.3) is 0 Å². The van der Waals surface area contributed by atoms with Crippen molar-refractivity contribution in [3.8, 4) is 0 Å². The molecule has 104 valence electrons. The summed E-state index contributed by atoms with van der Waals surface area (Å²) in [5.74, 6) is -0.199. The van der Waals surface area contributed by atoms with Gasteiger partial charge in [-0.15, -0.1) is 0 Å². The van der Waals surface area contributed by atoms with Gasteiger partial charge in [-0.2, -0.15) is 0 Å². The van der Waals surface area contributed by atoms with E-state index in [4.69, 9.17) is 0 Å². The van der Waals surface area contributed by atoms with E-state index in [9.17, 15) is 4.39 Å². The fourth-order valence-corrected chi connectivity index (χ4v) is 2.71. The molecule has 0 saturated carbocycles. The van der Waals surface area contributed by atoms with Crippen molar-refractivity contribution in [3.63, 3.8) is 0 Å². The van der Waals surface area contributed by atoms with Gasteiger partial charge in [0.1, 0.15) is 5.82 Å². The predicted octanol–water partition coefficient (Wildman–Crippen LogP) is 3.77. The van der Waals surface area contributed by atoms with Crippen LogP contribution >= 0.6 is 0 Å². The molecule has 1 aliphatic heterocycles. The first-order chi connectivity index (χ1) is 9.76. The summed E-state index contributed by atoms with van der Waals surface area (Å²) in [7, 11) is 0. The van der Waals surface area contributed by atoms with E-state index in [1.807, 2.05) is 0 Å². The number of halogens is 1. The van der Waals surface area contributed by atoms with E-state index in [1.54, 1.807) is 12.1 Å². The van der Waals surface area contributed by atoms with Crippen LogP contribution in [0, 0.1) is 5.82 Å². The Morgan fingerprint density at radius 1 is 1.10 bits per heavy atom. The highest BCUT2D eigenvalue weighted by molar-refractivity contribution is 5.45. The fraction of sp³-hybridized carbons (Fsp3) is 0.294. The quantitative estimate of drug-likeness (QED) is 0.909. The Morgan fingerprint density at radius 3 is 2.65 bits per heavy atom. The highest BCUT2D eigenvalue weighted by atomic mass is 19.1. The van der Waals surface area contributed by atoms with Gasteiger partial charge in [0.15, 0.2) is 0 Å². The van der Waals surface area contributed by atoms with Crippen LogP contribution in [0.3, 0.4) is 0 Å². The van der Waals surface area contributed by atoms with E-state index in [2.05, 4.69) is 35.3 Å². The second-order valence-corrected chi connectivity index (χ2v) is 5.22. The fourth-order valence-electron chi connectivity index (χ4n) is 2.71. The zero-order valence-electron chi connectivity index (χ0n) is 11.7. The molecule has 2 aromatic rings. The van der Waals surface area contributed by atoms with Gasteiger partial charge in [-0.25, -0.2) is 4.39 Å². The first kappa shape index (κ1) is 13.1. The van der Waals surface area contributed by atoms with E-state index in [0.29, 0.717) is 0 Å². The summed E-state index contributed by atoms with van der Waals surface area (Å²) < 4.78 is 12.9. The van der Waals surface area contributed by atoms with E-state index in [-0.39, 0.29) is 5.82 Å². The van der Waals surface area contributed by atoms with E-state index >= 15 is 0 Å². The molecule has 0 saturated heterocycles. The smallest absolute Gasteiger partial charge is 0.123 e. The van der Waals surface area contributed by atoms with Crippen LogP contribution in [-0.2, 0) is 19.6 Å². The molecule has 0 bridgehead atoms. The number of hydrogen-bond acceptors (Lipinski definition) is 2. The average Bonchev–Trinajstić information content (AvgIpc) is 2.90. The molecule has 1 heterocycles. The molecule has 1 N–H and O–H groups in total. The number of hydrogen-bond donors (Lipinski definition) is 1. The number of nitrogens with zero attached hydrogens (tertiary/aromatic N) is 1. The number of fused-ring (bicyclic) bond motifs is 1. The molecule has 0 atom stereocenters. The Bertz CT molecular complexity index is 592. The zero-order valence-corrected chi connectivity index (χ0v) is 11.7. The topological polar surface area (TPSA) is 15.3 Å². The van der Waals surface area contributed by atoms with Crippen LogP contribution in [0.2, 0.25) is 0 Å². The summed E-state index contributed by atoms with van der Waals surface area (Å²) in [5.41, 5.74) is 5.17. The first-order valence-corrected chi connectivity index (χ1v) is 7.07. The highest BCUT2D eigenvalue weighted by Gasteiger charge is 2.19. The van der Waals surface area contributed by atoms with Crippen LogP contribution in [-0.4, -0.2) is 11.4 Å². The lowest BCUT2D eigenvalue weighted by Crippen LogP contribution is -2.15. The monoisotopic (exact) mass is 270 g/mol. The molecule has 0 fully saturated rings. The Labute approximate surface area is 119 Å². The first-order valence-electron chi connectivity index (χ1n) is 7.07. The van der Waals surface area contributed by atoms with Gasteiger partial charge in [-0.1, -0.05) is 25.1 Å². The predicted molar refractivity (Wildman–Crippen MR) is 80.0 cm³/mol. The van der Waals surface area contributed by atoms with Crippen molar-refractivity contribution >= 4 is 5.69 Å². The number of anilines is 1. The Morgan fingerprint density at radius 2 is 1.90 bits per heavy atom. The van der Waals surface area contributed by atoms with Gasteiger partial charge in [0.2, 0.25) is 0 Å². The third-order valence-electron chi connectivity index (χ3n) is 3.92. The summed E-state index contributed by atoms with van der Waals surface area (Å²) in [4.78, 5) is 2.44. The largest absolute Gasteiger partial charge is 0.381 e. The second-order valence-electron chi connectivity index (χ2n) is 5.22. The highest BCUT2D eigenvalue weighted by Crippen LogP contribution is 2.26. The van der Waals surface area contributed by atoms with Crippen LogP contribution in [0.1, 0.15) is 23.6 Å². The lowest BCUT2D eigenvalue weighted by atomic mass is 10.0. The molecule has 0 unspecified atom stereocenters. The molecule has 2 aromatic carbocycles. The van der Waals surface area contributed by atoms with Crippen molar-refractivity contribution in [1.82, 2.24) is 4.90 Å². The molecule has 0 radical (unpaired) electrons. The minimum Gasteiger partial charge on any atom is -0.381 e. The van der Waals surface area contributed by atoms with Crippen molar-refractivity contribution < 1.29 is 4.39 Å². The molecular formula is C17H19FN2. The molecule has 0 aliphatic carbocycles. The molecule has 0 amide bonds. The van der Waals surface area contributed by atoms with Crippen LogP contribution < -0.4 is 5.32 Å². The summed E-state index contributed by atoms with van der Waals surface area (Å²) in [6.07, 6.45) is 0. The van der Waals surface area contributed by atoms with E-state index in [0.717, 1.165) is 31.9 Å². The van der Waals surface area contributed by atoms with Crippen molar-refractivity contribution in [1.29, 1.82) is 0 Å². The SMILES string of the molecule is CCN1Cc2cccc(CNc3ccc(F)cc3)c2C1. The third-order valence-corrected chi connectivity index (χ3v) is 3.92. The average molecular weight is 270 g/mol. The van der Waals surface area contributed by atoms with E-state index < -0.39 is 0 Å². The number of rotatable bonds is 4. The lowest BCUT2D eigenvalue weighted by Gasteiger charge is -2.12. The zero-order chi connectivity index (χ0) is 13.9. The molecule has 0 aromatic heterocycles. The normalized spacial score (nSPS) is 14.3. The number of benzene rings is 2. The minimum absolute atomic E-state index is 0.199. The lowest BCUT2D eigenvalue weighted by molar-refractivity contribution is 0.300. The van der Waals surface area contributed by atoms with Crippen molar-refractivity contribution in [3.05, 3.63) is 65.0 Å². The Hall–Kier alpha value is -1.87. The number of nitrogens with one attached hydrogen (secondary N) is 1. The standard InChI is InChI=1S/C17H19FN2/c1-2-20-11-14-5-3-4-13(17(14)12-20)10-19-16-8-6-15(18)7-9-16/h3-9,19H,2,10-12H2,1H3. The van der Waals surface area contributed by atoms with Crippen molar-refractivity contribution in [2.75, 3.05) is 11.9 Å². The van der Waals surface area contributed by atoms with Crippen molar-refractivity contribution in [2.45, 2.75) is 26.6 Å². The van der Waals surface area contributed by atoms with Crippen LogP contribution in [0.4, 0.5) is 10.1 Å². The molecule has 0 spiro atoms. The Balaban J connectivity index is 1.73. The van der Waals surface area contributed by atoms with Crippen molar-refractivity contribution in [2.24, 2.45) is 0 Å². The van der Waals surface area contributed by atoms with Gasteiger partial charge in [0, 0.05) is 25.3 Å². The molecule has 1 aliphatic rings. The van der Waals surface area contributed by atoms with Gasteiger partial charge in [-0.05, 0) is 47.5 Å². The summed E-state index contributed by atoms with van der Waals surface area (Å²) in [6, 6.07) is 13.0. The van der Waals surface area contributed by atoms with Crippen LogP contribution in [0.15, 0.2) is 42.5 Å². The maximum Gasteiger partial charge on any atom is 0.123 e. The maximum absolute atomic E-state index is 12.9. The summed E-state index contributed by atoms with van der Waals surface area (Å²) in [6.45, 7) is 6.15. The summed E-state index contributed by atoms with van der Waals surface area (Å²) >= 11 is 0. The Kier molecular flexibility index (Phi) is 3.70. The summed E-state index contributed by atoms with van der Waals surface area (Å²) in [5, 5.41) is 3.37. The minimum atomic E-state index is -0.199. The van der Waals surface area contributed by atoms with Gasteiger partial charge in [-0.3, -0.25) is 4.90 Å². The molecule has 3 heteroatoms. The molecule has 2 nitrogen and oxygen atoms in total. The molecular weight excluding hydrogens is 251 g/mol. The molecule has 20 heavy (non-hydrogen) atoms. The van der Waals surface area contributed by atoms with Crippen LogP contribution in [0.5, 0.6) is 0 Å². The van der Waals surface area contributed by atoms with Gasteiger partial charge >= 0.3 is 0 Å². The maximum atomic E-state index is 12.9. The van der Waals surface area contributed by atoms with Crippen LogP contribution in [0.25, 0.3) is 0 Å². The molecule has 3 rings (SSSR count). The third kappa shape index (κ3) is 2.68.